The fourth-order valence-corrected chi connectivity index (χ4v) is 2.52. The summed E-state index contributed by atoms with van der Waals surface area (Å²) in [6, 6.07) is 24.0. The van der Waals surface area contributed by atoms with Gasteiger partial charge < -0.3 is 0 Å². The molecule has 0 fully saturated rings. The van der Waals surface area contributed by atoms with Crippen LogP contribution in [0.5, 0.6) is 0 Å². The predicted octanol–water partition coefficient (Wildman–Crippen LogP) is 3.26. The number of hydrazone groups is 1. The largest absolute Gasteiger partial charge is 0.268 e. The maximum atomic E-state index is 4.21. The van der Waals surface area contributed by atoms with Crippen LogP contribution in [0, 0.1) is 0 Å². The lowest BCUT2D eigenvalue weighted by molar-refractivity contribution is 0.794. The van der Waals surface area contributed by atoms with Crippen LogP contribution in [-0.2, 0) is 0 Å². The molecule has 1 N–H and O–H groups in total. The van der Waals surface area contributed by atoms with Crippen LogP contribution in [0.2, 0.25) is 0 Å². The van der Waals surface area contributed by atoms with E-state index in [1.807, 2.05) is 60.7 Å². The molecule has 4 rings (SSSR count). The molecule has 0 aliphatic rings. The third-order valence-corrected chi connectivity index (χ3v) is 3.64. The number of fused-ring (bicyclic) bond motifs is 1. The first-order chi connectivity index (χ1) is 11.9. The van der Waals surface area contributed by atoms with E-state index in [-0.39, 0.29) is 0 Å². The Kier molecular flexibility index (Phi) is 3.69. The quantitative estimate of drug-likeness (QED) is 0.464. The molecule has 116 valence electrons. The zero-order valence-electron chi connectivity index (χ0n) is 12.7. The van der Waals surface area contributed by atoms with Crippen molar-refractivity contribution in [2.75, 3.05) is 5.43 Å². The van der Waals surface area contributed by atoms with Gasteiger partial charge in [-0.15, -0.1) is 0 Å². The normalized spacial score (nSPS) is 11.2. The van der Waals surface area contributed by atoms with Gasteiger partial charge in [0.25, 0.3) is 5.95 Å². The predicted molar refractivity (Wildman–Crippen MR) is 94.3 cm³/mol. The fraction of sp³-hybridized carbons (Fsp3) is 0. The lowest BCUT2D eigenvalue weighted by atomic mass is 10.1. The first-order valence-corrected chi connectivity index (χ1v) is 7.52. The van der Waals surface area contributed by atoms with Crippen LogP contribution in [-0.4, -0.2) is 26.4 Å². The topological polar surface area (TPSA) is 68.0 Å². The number of nitrogens with zero attached hydrogens (tertiary/aromatic N) is 5. The van der Waals surface area contributed by atoms with E-state index in [4.69, 9.17) is 0 Å². The van der Waals surface area contributed by atoms with Gasteiger partial charge in [0, 0.05) is 5.39 Å². The Labute approximate surface area is 138 Å². The second kappa shape index (κ2) is 6.29. The number of hydrogen-bond donors (Lipinski definition) is 1. The second-order valence-corrected chi connectivity index (χ2v) is 5.19. The average molecular weight is 314 g/mol. The highest BCUT2D eigenvalue weighted by Crippen LogP contribution is 2.23. The van der Waals surface area contributed by atoms with Gasteiger partial charge in [-0.1, -0.05) is 71.8 Å². The van der Waals surface area contributed by atoms with Gasteiger partial charge in [-0.05, 0) is 27.4 Å². The van der Waals surface area contributed by atoms with Gasteiger partial charge in [-0.3, -0.25) is 0 Å². The third kappa shape index (κ3) is 2.72. The van der Waals surface area contributed by atoms with E-state index in [1.54, 1.807) is 10.9 Å². The monoisotopic (exact) mass is 314 g/mol. The minimum Gasteiger partial charge on any atom is -0.244 e. The molecule has 24 heavy (non-hydrogen) atoms. The van der Waals surface area contributed by atoms with Gasteiger partial charge >= 0.3 is 0 Å². The van der Waals surface area contributed by atoms with Crippen LogP contribution in [0.4, 0.5) is 5.95 Å². The molecule has 0 aliphatic carbocycles. The number of aromatic nitrogens is 4. The van der Waals surface area contributed by atoms with Crippen LogP contribution < -0.4 is 5.43 Å². The van der Waals surface area contributed by atoms with E-state index >= 15 is 0 Å². The van der Waals surface area contributed by atoms with E-state index in [2.05, 4.69) is 38.2 Å². The van der Waals surface area contributed by atoms with Gasteiger partial charge in [0.2, 0.25) is 0 Å². The zero-order chi connectivity index (χ0) is 16.2. The van der Waals surface area contributed by atoms with E-state index in [0.717, 1.165) is 22.0 Å². The van der Waals surface area contributed by atoms with Gasteiger partial charge in [-0.2, -0.15) is 9.78 Å². The Hall–Kier alpha value is -3.54. The molecule has 6 nitrogen and oxygen atoms in total. The Morgan fingerprint density at radius 3 is 2.58 bits per heavy atom. The van der Waals surface area contributed by atoms with Crippen molar-refractivity contribution in [2.45, 2.75) is 0 Å². The first kappa shape index (κ1) is 14.1. The van der Waals surface area contributed by atoms with Gasteiger partial charge in [-0.25, -0.2) is 5.43 Å². The summed E-state index contributed by atoms with van der Waals surface area (Å²) in [5.74, 6) is 0.457. The lowest BCUT2D eigenvalue weighted by Crippen LogP contribution is -2.04. The first-order valence-electron chi connectivity index (χ1n) is 7.52. The molecule has 0 atom stereocenters. The van der Waals surface area contributed by atoms with Crippen molar-refractivity contribution in [1.29, 1.82) is 0 Å². The highest BCUT2D eigenvalue weighted by molar-refractivity contribution is 5.90. The van der Waals surface area contributed by atoms with Crippen molar-refractivity contribution >= 4 is 22.9 Å². The lowest BCUT2D eigenvalue weighted by Gasteiger charge is -2.07. The summed E-state index contributed by atoms with van der Waals surface area (Å²) < 4.78 is 1.64. The number of benzene rings is 3. The molecule has 0 bridgehead atoms. The summed E-state index contributed by atoms with van der Waals surface area (Å²) in [4.78, 5) is 0. The summed E-state index contributed by atoms with van der Waals surface area (Å²) in [5, 5.41) is 18.3. The highest BCUT2D eigenvalue weighted by Gasteiger charge is 2.10. The molecule has 1 heterocycles. The summed E-state index contributed by atoms with van der Waals surface area (Å²) in [6.07, 6.45) is 1.72. The third-order valence-electron chi connectivity index (χ3n) is 3.64. The molecule has 0 radical (unpaired) electrons. The maximum absolute atomic E-state index is 4.21. The van der Waals surface area contributed by atoms with Crippen LogP contribution >= 0.6 is 0 Å². The molecule has 0 saturated carbocycles. The SMILES string of the molecule is C(=NNc1nnnn1-c1cccc2ccccc12)c1ccccc1. The van der Waals surface area contributed by atoms with Crippen LogP contribution in [0.25, 0.3) is 16.5 Å². The Morgan fingerprint density at radius 2 is 1.67 bits per heavy atom. The van der Waals surface area contributed by atoms with Crippen molar-refractivity contribution in [3.05, 3.63) is 78.4 Å². The molecule has 3 aromatic carbocycles. The molecule has 0 aliphatic heterocycles. The van der Waals surface area contributed by atoms with Crippen molar-refractivity contribution in [3.8, 4) is 5.69 Å². The fourth-order valence-electron chi connectivity index (χ4n) is 2.52. The van der Waals surface area contributed by atoms with Gasteiger partial charge in [0.05, 0.1) is 11.9 Å². The Bertz CT molecular complexity index is 985. The zero-order valence-corrected chi connectivity index (χ0v) is 12.7. The molecule has 0 amide bonds. The summed E-state index contributed by atoms with van der Waals surface area (Å²) in [6.45, 7) is 0. The number of anilines is 1. The van der Waals surface area contributed by atoms with Crippen LogP contribution in [0.3, 0.4) is 0 Å². The van der Waals surface area contributed by atoms with E-state index < -0.39 is 0 Å². The van der Waals surface area contributed by atoms with E-state index in [9.17, 15) is 0 Å². The Morgan fingerprint density at radius 1 is 0.875 bits per heavy atom. The smallest absolute Gasteiger partial charge is 0.244 e. The number of nitrogens with one attached hydrogen (secondary N) is 1. The van der Waals surface area contributed by atoms with Crippen molar-refractivity contribution < 1.29 is 0 Å². The van der Waals surface area contributed by atoms with Gasteiger partial charge in [0.1, 0.15) is 0 Å². The molecule has 0 saturated heterocycles. The molecule has 0 spiro atoms. The van der Waals surface area contributed by atoms with Crippen molar-refractivity contribution in [1.82, 2.24) is 20.2 Å². The van der Waals surface area contributed by atoms with Crippen LogP contribution in [0.15, 0.2) is 77.9 Å². The van der Waals surface area contributed by atoms with Gasteiger partial charge in [0.15, 0.2) is 0 Å². The van der Waals surface area contributed by atoms with E-state index in [0.29, 0.717) is 5.95 Å². The minimum atomic E-state index is 0.457. The molecule has 1 aromatic heterocycles. The summed E-state index contributed by atoms with van der Waals surface area (Å²) in [7, 11) is 0. The maximum Gasteiger partial charge on any atom is 0.268 e. The number of tetrazole rings is 1. The molecule has 6 heteroatoms. The Balaban J connectivity index is 1.66. The highest BCUT2D eigenvalue weighted by atomic mass is 15.6. The minimum absolute atomic E-state index is 0.457. The molecular weight excluding hydrogens is 300 g/mol. The van der Waals surface area contributed by atoms with Crippen molar-refractivity contribution in [2.24, 2.45) is 5.10 Å². The summed E-state index contributed by atoms with van der Waals surface area (Å²) >= 11 is 0. The number of rotatable bonds is 4. The van der Waals surface area contributed by atoms with E-state index in [1.165, 1.54) is 0 Å². The standard InChI is InChI=1S/C18H14N6/c1-2-7-14(8-3-1)13-19-20-18-21-22-23-24(18)17-12-6-10-15-9-4-5-11-16(15)17/h1-13H,(H,20,21,23). The number of hydrogen-bond acceptors (Lipinski definition) is 5. The summed E-state index contributed by atoms with van der Waals surface area (Å²) in [5.41, 5.74) is 4.79. The van der Waals surface area contributed by atoms with Crippen molar-refractivity contribution in [3.63, 3.8) is 0 Å². The average Bonchev–Trinajstić information content (AvgIpc) is 3.10. The molecular formula is C18H14N6. The van der Waals surface area contributed by atoms with Crippen LogP contribution in [0.1, 0.15) is 5.56 Å². The molecule has 4 aromatic rings. The molecule has 0 unspecified atom stereocenters. The second-order valence-electron chi connectivity index (χ2n) is 5.19.